The van der Waals surface area contributed by atoms with Gasteiger partial charge in [-0.2, -0.15) is 0 Å². The number of rotatable bonds is 6. The van der Waals surface area contributed by atoms with Crippen LogP contribution < -0.4 is 5.32 Å². The largest absolute Gasteiger partial charge is 0.481 e. The highest BCUT2D eigenvalue weighted by atomic mass is 19.1. The quantitative estimate of drug-likeness (QED) is 0.787. The van der Waals surface area contributed by atoms with Crippen molar-refractivity contribution in [2.75, 3.05) is 6.54 Å². The first kappa shape index (κ1) is 18.7. The molecule has 1 aromatic carbocycles. The third kappa shape index (κ3) is 7.99. The van der Waals surface area contributed by atoms with E-state index in [4.69, 9.17) is 9.84 Å². The molecule has 5 nitrogen and oxygen atoms in total. The van der Waals surface area contributed by atoms with Gasteiger partial charge >= 0.3 is 12.1 Å². The maximum absolute atomic E-state index is 13.8. The van der Waals surface area contributed by atoms with Crippen LogP contribution >= 0.6 is 0 Å². The van der Waals surface area contributed by atoms with Crippen LogP contribution in [0.15, 0.2) is 24.3 Å². The van der Waals surface area contributed by atoms with Gasteiger partial charge in [0.25, 0.3) is 0 Å². The topological polar surface area (TPSA) is 75.6 Å². The van der Waals surface area contributed by atoms with Gasteiger partial charge in [-0.05, 0) is 38.8 Å². The monoisotopic (exact) mass is 323 g/mol. The lowest BCUT2D eigenvalue weighted by Gasteiger charge is -2.19. The number of carbonyl (C=O) groups excluding carboxylic acids is 1. The molecule has 1 amide bonds. The number of carboxylic acid groups (broad SMARTS) is 1. The third-order valence-electron chi connectivity index (χ3n) is 2.70. The number of benzene rings is 1. The van der Waals surface area contributed by atoms with Crippen LogP contribution in [0.2, 0.25) is 0 Å². The summed E-state index contributed by atoms with van der Waals surface area (Å²) < 4.78 is 18.9. The van der Waals surface area contributed by atoms with Gasteiger partial charge in [-0.15, -0.1) is 0 Å². The fourth-order valence-corrected chi connectivity index (χ4v) is 1.77. The average molecular weight is 323 g/mol. The number of carbonyl (C=O) groups is 2. The van der Waals surface area contributed by atoms with Gasteiger partial charge in [-0.3, -0.25) is 4.79 Å². The van der Waals surface area contributed by atoms with E-state index in [0.29, 0.717) is 24.1 Å². The SMILES string of the molecule is CC(C)(C)OC(=O)NCCC=Cc1ccc(CC(=O)O)cc1F. The van der Waals surface area contributed by atoms with Crippen molar-refractivity contribution >= 4 is 18.1 Å². The van der Waals surface area contributed by atoms with Crippen LogP contribution in [0.5, 0.6) is 0 Å². The Morgan fingerprint density at radius 2 is 2.04 bits per heavy atom. The molecule has 0 bridgehead atoms. The number of aliphatic carboxylic acids is 1. The van der Waals surface area contributed by atoms with Crippen LogP contribution in [0.3, 0.4) is 0 Å². The van der Waals surface area contributed by atoms with E-state index >= 15 is 0 Å². The van der Waals surface area contributed by atoms with E-state index in [0.717, 1.165) is 0 Å². The summed E-state index contributed by atoms with van der Waals surface area (Å²) >= 11 is 0. The summed E-state index contributed by atoms with van der Waals surface area (Å²) in [6, 6.07) is 4.33. The molecule has 0 aromatic heterocycles. The Balaban J connectivity index is 2.43. The molecule has 0 atom stereocenters. The lowest BCUT2D eigenvalue weighted by molar-refractivity contribution is -0.136. The fourth-order valence-electron chi connectivity index (χ4n) is 1.77. The number of nitrogens with one attached hydrogen (secondary N) is 1. The molecule has 0 fully saturated rings. The first-order chi connectivity index (χ1) is 10.7. The second kappa shape index (κ2) is 8.31. The van der Waals surface area contributed by atoms with Crippen LogP contribution in [0.4, 0.5) is 9.18 Å². The van der Waals surface area contributed by atoms with Gasteiger partial charge in [0, 0.05) is 12.1 Å². The number of halogens is 1. The summed E-state index contributed by atoms with van der Waals surface area (Å²) in [7, 11) is 0. The number of ether oxygens (including phenoxy) is 1. The van der Waals surface area contributed by atoms with Crippen molar-refractivity contribution < 1.29 is 23.8 Å². The summed E-state index contributed by atoms with van der Waals surface area (Å²) in [5, 5.41) is 11.3. The standard InChI is InChI=1S/C17H22FNO4/c1-17(2,3)23-16(22)19-9-5-4-6-13-8-7-12(10-14(13)18)11-15(20)21/h4,6-8,10H,5,9,11H2,1-3H3,(H,19,22)(H,20,21). The second-order valence-electron chi connectivity index (χ2n) is 6.05. The van der Waals surface area contributed by atoms with Crippen molar-refractivity contribution in [1.82, 2.24) is 5.32 Å². The minimum Gasteiger partial charge on any atom is -0.481 e. The summed E-state index contributed by atoms with van der Waals surface area (Å²) in [6.07, 6.45) is 3.15. The smallest absolute Gasteiger partial charge is 0.407 e. The van der Waals surface area contributed by atoms with Crippen molar-refractivity contribution in [3.05, 3.63) is 41.2 Å². The first-order valence-electron chi connectivity index (χ1n) is 7.31. The van der Waals surface area contributed by atoms with Crippen molar-refractivity contribution in [2.24, 2.45) is 0 Å². The number of alkyl carbamates (subject to hydrolysis) is 1. The molecule has 126 valence electrons. The van der Waals surface area contributed by atoms with Gasteiger partial charge in [0.2, 0.25) is 0 Å². The molecular weight excluding hydrogens is 301 g/mol. The number of hydrogen-bond donors (Lipinski definition) is 2. The zero-order valence-electron chi connectivity index (χ0n) is 13.6. The number of carboxylic acids is 1. The summed E-state index contributed by atoms with van der Waals surface area (Å²) in [5.41, 5.74) is 0.246. The van der Waals surface area contributed by atoms with E-state index in [1.165, 1.54) is 12.1 Å². The Kier molecular flexibility index (Phi) is 6.75. The molecule has 1 aromatic rings. The minimum atomic E-state index is -0.999. The zero-order valence-corrected chi connectivity index (χ0v) is 13.6. The van der Waals surface area contributed by atoms with Crippen molar-refractivity contribution in [1.29, 1.82) is 0 Å². The van der Waals surface area contributed by atoms with Gasteiger partial charge in [-0.1, -0.05) is 24.3 Å². The lowest BCUT2D eigenvalue weighted by Crippen LogP contribution is -2.32. The molecule has 23 heavy (non-hydrogen) atoms. The number of hydrogen-bond acceptors (Lipinski definition) is 3. The molecule has 0 aliphatic heterocycles. The van der Waals surface area contributed by atoms with Gasteiger partial charge in [0.15, 0.2) is 0 Å². The average Bonchev–Trinajstić information content (AvgIpc) is 2.37. The van der Waals surface area contributed by atoms with Crippen LogP contribution in [-0.4, -0.2) is 29.3 Å². The van der Waals surface area contributed by atoms with E-state index in [1.807, 2.05) is 0 Å². The zero-order chi connectivity index (χ0) is 17.5. The Hall–Kier alpha value is -2.37. The van der Waals surface area contributed by atoms with Crippen molar-refractivity contribution in [3.63, 3.8) is 0 Å². The normalized spacial score (nSPS) is 11.5. The van der Waals surface area contributed by atoms with E-state index < -0.39 is 23.5 Å². The lowest BCUT2D eigenvalue weighted by atomic mass is 10.1. The Morgan fingerprint density at radius 1 is 1.35 bits per heavy atom. The van der Waals surface area contributed by atoms with Crippen LogP contribution in [0.1, 0.15) is 38.3 Å². The maximum Gasteiger partial charge on any atom is 0.407 e. The minimum absolute atomic E-state index is 0.208. The molecule has 0 radical (unpaired) electrons. The molecule has 0 saturated carbocycles. The molecule has 0 aliphatic carbocycles. The van der Waals surface area contributed by atoms with Gasteiger partial charge in [0.05, 0.1) is 6.42 Å². The van der Waals surface area contributed by atoms with E-state index in [1.54, 1.807) is 39.0 Å². The predicted molar refractivity (Wildman–Crippen MR) is 85.6 cm³/mol. The van der Waals surface area contributed by atoms with Crippen molar-refractivity contribution in [2.45, 2.75) is 39.2 Å². The highest BCUT2D eigenvalue weighted by Crippen LogP contribution is 2.13. The first-order valence-corrected chi connectivity index (χ1v) is 7.31. The van der Waals surface area contributed by atoms with E-state index in [-0.39, 0.29) is 6.42 Å². The highest BCUT2D eigenvalue weighted by molar-refractivity contribution is 5.70. The molecule has 0 aliphatic rings. The molecule has 0 spiro atoms. The number of amides is 1. The Labute approximate surface area is 135 Å². The molecule has 6 heteroatoms. The molecular formula is C17H22FNO4. The molecule has 0 heterocycles. The molecule has 1 rings (SSSR count). The third-order valence-corrected chi connectivity index (χ3v) is 2.70. The Bertz CT molecular complexity index is 591. The predicted octanol–water partition coefficient (Wildman–Crippen LogP) is 3.38. The van der Waals surface area contributed by atoms with Gasteiger partial charge < -0.3 is 15.2 Å². The van der Waals surface area contributed by atoms with Gasteiger partial charge in [0.1, 0.15) is 11.4 Å². The van der Waals surface area contributed by atoms with Crippen LogP contribution in [0.25, 0.3) is 6.08 Å². The van der Waals surface area contributed by atoms with Crippen LogP contribution in [-0.2, 0) is 16.0 Å². The molecule has 2 N–H and O–H groups in total. The Morgan fingerprint density at radius 3 is 2.61 bits per heavy atom. The van der Waals surface area contributed by atoms with Gasteiger partial charge in [-0.25, -0.2) is 9.18 Å². The molecule has 0 unspecified atom stereocenters. The second-order valence-corrected chi connectivity index (χ2v) is 6.05. The molecule has 0 saturated heterocycles. The van der Waals surface area contributed by atoms with E-state index in [9.17, 15) is 14.0 Å². The van der Waals surface area contributed by atoms with Crippen LogP contribution in [0, 0.1) is 5.82 Å². The fraction of sp³-hybridized carbons (Fsp3) is 0.412. The summed E-state index contributed by atoms with van der Waals surface area (Å²) in [5.74, 6) is -1.47. The van der Waals surface area contributed by atoms with Crippen molar-refractivity contribution in [3.8, 4) is 0 Å². The highest BCUT2D eigenvalue weighted by Gasteiger charge is 2.15. The maximum atomic E-state index is 13.8. The van der Waals surface area contributed by atoms with E-state index in [2.05, 4.69) is 5.32 Å². The summed E-state index contributed by atoms with van der Waals surface area (Å²) in [4.78, 5) is 22.0. The summed E-state index contributed by atoms with van der Waals surface area (Å²) in [6.45, 7) is 5.72.